The molecule has 1 aliphatic heterocycles. The Morgan fingerprint density at radius 2 is 1.53 bits per heavy atom. The second kappa shape index (κ2) is 14.8. The quantitative estimate of drug-likeness (QED) is 0.0969. The minimum Gasteiger partial charge on any atom is -0.483 e. The van der Waals surface area contributed by atoms with E-state index in [4.69, 9.17) is 9.72 Å². The highest BCUT2D eigenvalue weighted by Gasteiger charge is 2.53. The Bertz CT molecular complexity index is 2660. The number of imide groups is 1. The van der Waals surface area contributed by atoms with E-state index in [2.05, 4.69) is 31.7 Å². The summed E-state index contributed by atoms with van der Waals surface area (Å²) in [7, 11) is 0. The Kier molecular flexibility index (Phi) is 9.15. The van der Waals surface area contributed by atoms with Crippen molar-refractivity contribution in [3.63, 3.8) is 0 Å². The van der Waals surface area contributed by atoms with Crippen LogP contribution in [0.25, 0.3) is 5.65 Å². The average Bonchev–Trinajstić information content (AvgIpc) is 4.21. The highest BCUT2D eigenvalue weighted by Crippen LogP contribution is 2.48. The summed E-state index contributed by atoms with van der Waals surface area (Å²) >= 11 is 0. The highest BCUT2D eigenvalue weighted by molar-refractivity contribution is 6.15. The molecule has 1 unspecified atom stereocenters. The van der Waals surface area contributed by atoms with Crippen LogP contribution in [0.2, 0.25) is 0 Å². The van der Waals surface area contributed by atoms with Crippen LogP contribution in [-0.4, -0.2) is 58.8 Å². The van der Waals surface area contributed by atoms with Gasteiger partial charge in [0.1, 0.15) is 29.8 Å². The molecule has 3 fully saturated rings. The molecule has 1 N–H and O–H groups in total. The van der Waals surface area contributed by atoms with Crippen LogP contribution in [0.15, 0.2) is 134 Å². The third-order valence-electron chi connectivity index (χ3n) is 11.7. The molecule has 1 saturated heterocycles. The molecule has 3 atom stereocenters. The van der Waals surface area contributed by atoms with E-state index in [0.29, 0.717) is 40.9 Å². The zero-order chi connectivity index (χ0) is 41.0. The zero-order valence-corrected chi connectivity index (χ0v) is 33.1. The minimum atomic E-state index is -1.26. The summed E-state index contributed by atoms with van der Waals surface area (Å²) in [6.45, 7) is 3.61. The van der Waals surface area contributed by atoms with Crippen molar-refractivity contribution < 1.29 is 19.1 Å². The number of nitrogens with zero attached hydrogens (tertiary/aromatic N) is 8. The normalized spacial score (nSPS) is 18.2. The summed E-state index contributed by atoms with van der Waals surface area (Å²) in [6.07, 6.45) is 9.34. The van der Waals surface area contributed by atoms with E-state index in [1.54, 1.807) is 17.2 Å². The van der Waals surface area contributed by atoms with Gasteiger partial charge in [-0.3, -0.25) is 14.5 Å². The number of hydrogen-bond acceptors (Lipinski definition) is 9. The van der Waals surface area contributed by atoms with Crippen molar-refractivity contribution in [3.8, 4) is 5.75 Å². The van der Waals surface area contributed by atoms with Gasteiger partial charge in [-0.1, -0.05) is 91.0 Å². The molecule has 298 valence electrons. The van der Waals surface area contributed by atoms with Crippen LogP contribution in [0.3, 0.4) is 0 Å². The molecule has 3 aromatic carbocycles. The standard InChI is InChI=1S/C47H41N9O4/c1-29-20-21-48-43(50-29)37-24-38(37)45(58)52-41-23-36(25-49-53-41)60-30(2)39-27-54-26-32(31-18-19-31)22-40(44(54)51-39)55-28-42(57)56(46(55)59)47(33-12-6-3-7-13-33,34-14-8-4-9-15-34)35-16-10-5-11-17-35/h3-17,20-23,25-27,30-31,37-38H,18-19,24,28H2,1-2H3,(H,52,53,58)/t30?,37-,38-/m0/s1. The van der Waals surface area contributed by atoms with E-state index in [1.807, 2.05) is 128 Å². The van der Waals surface area contributed by atoms with Crippen molar-refractivity contribution in [3.05, 3.63) is 173 Å². The number of hydrogen-bond donors (Lipinski definition) is 1. The summed E-state index contributed by atoms with van der Waals surface area (Å²) in [6, 6.07) is 34.2. The summed E-state index contributed by atoms with van der Waals surface area (Å²) in [5.74, 6) is 0.898. The molecular formula is C47H41N9O4. The molecule has 2 aliphatic carbocycles. The number of aromatic nitrogens is 6. The number of urea groups is 1. The number of ether oxygens (including phenoxy) is 1. The average molecular weight is 796 g/mol. The topological polar surface area (TPSA) is 148 Å². The molecule has 4 amide bonds. The Labute approximate surface area is 346 Å². The maximum absolute atomic E-state index is 15.2. The summed E-state index contributed by atoms with van der Waals surface area (Å²) in [5, 5.41) is 11.1. The molecule has 0 radical (unpaired) electrons. The second-order valence-corrected chi connectivity index (χ2v) is 15.8. The van der Waals surface area contributed by atoms with E-state index >= 15 is 4.79 Å². The Morgan fingerprint density at radius 1 is 0.867 bits per heavy atom. The van der Waals surface area contributed by atoms with Crippen LogP contribution in [0, 0.1) is 12.8 Å². The fourth-order valence-electron chi connectivity index (χ4n) is 8.48. The molecule has 13 heteroatoms. The predicted octanol–water partition coefficient (Wildman–Crippen LogP) is 7.74. The SMILES string of the molecule is Cc1ccnc([C@H]2C[C@@H]2C(=O)Nc2cc(OC(C)c3cn4cc(C5CC5)cc(N5CC(=O)N(C(c6ccccc6)(c6ccccc6)c6ccccc6)C5=O)c4n3)cnn2)n1. The lowest BCUT2D eigenvalue weighted by atomic mass is 9.75. The maximum Gasteiger partial charge on any atom is 0.333 e. The van der Waals surface area contributed by atoms with Gasteiger partial charge in [-0.2, -0.15) is 5.10 Å². The molecule has 4 aromatic heterocycles. The molecule has 5 heterocycles. The number of carbonyl (C=O) groups is 3. The maximum atomic E-state index is 15.2. The molecule has 2 saturated carbocycles. The van der Waals surface area contributed by atoms with Crippen LogP contribution in [0.5, 0.6) is 5.75 Å². The number of aryl methyl sites for hydroxylation is 1. The summed E-state index contributed by atoms with van der Waals surface area (Å²) in [5.41, 5.74) is 4.72. The molecule has 0 bridgehead atoms. The smallest absolute Gasteiger partial charge is 0.333 e. The Balaban J connectivity index is 0.956. The van der Waals surface area contributed by atoms with Crippen molar-refractivity contribution >= 4 is 35.0 Å². The van der Waals surface area contributed by atoms with Crippen LogP contribution in [0.1, 0.15) is 83.6 Å². The number of benzene rings is 3. The molecular weight excluding hydrogens is 755 g/mol. The van der Waals surface area contributed by atoms with Crippen LogP contribution >= 0.6 is 0 Å². The third kappa shape index (κ3) is 6.61. The summed E-state index contributed by atoms with van der Waals surface area (Å²) < 4.78 is 8.27. The molecule has 60 heavy (non-hydrogen) atoms. The first-order valence-electron chi connectivity index (χ1n) is 20.2. The lowest BCUT2D eigenvalue weighted by Gasteiger charge is -2.42. The fraction of sp³-hybridized carbons (Fsp3) is 0.234. The van der Waals surface area contributed by atoms with Crippen molar-refractivity contribution in [1.29, 1.82) is 0 Å². The number of pyridine rings is 1. The second-order valence-electron chi connectivity index (χ2n) is 15.8. The van der Waals surface area contributed by atoms with E-state index in [9.17, 15) is 9.59 Å². The van der Waals surface area contributed by atoms with Gasteiger partial charge < -0.3 is 14.5 Å². The number of anilines is 2. The fourth-order valence-corrected chi connectivity index (χ4v) is 8.48. The van der Waals surface area contributed by atoms with E-state index in [-0.39, 0.29) is 36.0 Å². The van der Waals surface area contributed by atoms with E-state index < -0.39 is 17.7 Å². The van der Waals surface area contributed by atoms with Gasteiger partial charge in [0.15, 0.2) is 11.5 Å². The first-order valence-corrected chi connectivity index (χ1v) is 20.2. The van der Waals surface area contributed by atoms with Gasteiger partial charge in [0.05, 0.1) is 17.6 Å². The van der Waals surface area contributed by atoms with Gasteiger partial charge in [0, 0.05) is 42.2 Å². The summed E-state index contributed by atoms with van der Waals surface area (Å²) in [4.78, 5) is 59.8. The van der Waals surface area contributed by atoms with Gasteiger partial charge >= 0.3 is 6.03 Å². The van der Waals surface area contributed by atoms with Gasteiger partial charge in [0.25, 0.3) is 5.91 Å². The molecule has 0 spiro atoms. The van der Waals surface area contributed by atoms with Crippen molar-refractivity contribution in [2.75, 3.05) is 16.8 Å². The van der Waals surface area contributed by atoms with Crippen molar-refractivity contribution in [2.45, 2.75) is 56.6 Å². The van der Waals surface area contributed by atoms with E-state index in [1.165, 1.54) is 11.1 Å². The van der Waals surface area contributed by atoms with Crippen LogP contribution < -0.4 is 15.0 Å². The van der Waals surface area contributed by atoms with Gasteiger partial charge in [-0.05, 0) is 73.4 Å². The van der Waals surface area contributed by atoms with Gasteiger partial charge in [0.2, 0.25) is 5.91 Å². The first-order chi connectivity index (χ1) is 29.3. The Morgan fingerprint density at radius 3 is 2.17 bits per heavy atom. The number of imidazole rings is 1. The van der Waals surface area contributed by atoms with Crippen molar-refractivity contribution in [1.82, 2.24) is 34.4 Å². The third-order valence-corrected chi connectivity index (χ3v) is 11.7. The molecule has 3 aliphatic rings. The van der Waals surface area contributed by atoms with E-state index in [0.717, 1.165) is 40.8 Å². The molecule has 10 rings (SSSR count). The molecule has 13 nitrogen and oxygen atoms in total. The van der Waals surface area contributed by atoms with Crippen molar-refractivity contribution in [2.24, 2.45) is 5.92 Å². The minimum absolute atomic E-state index is 0.0335. The highest BCUT2D eigenvalue weighted by atomic mass is 16.5. The number of amides is 4. The number of nitrogens with one attached hydrogen (secondary N) is 1. The molecule has 7 aromatic rings. The van der Waals surface area contributed by atoms with Gasteiger partial charge in [-0.25, -0.2) is 24.6 Å². The number of carbonyl (C=O) groups excluding carboxylic acids is 3. The number of rotatable bonds is 12. The first kappa shape index (κ1) is 37.0. The zero-order valence-electron chi connectivity index (χ0n) is 33.1. The lowest BCUT2D eigenvalue weighted by molar-refractivity contribution is -0.127. The van der Waals surface area contributed by atoms with Crippen LogP contribution in [0.4, 0.5) is 16.3 Å². The number of fused-ring (bicyclic) bond motifs is 1. The largest absolute Gasteiger partial charge is 0.483 e. The Hall–Kier alpha value is -7.28. The monoisotopic (exact) mass is 795 g/mol. The predicted molar refractivity (Wildman–Crippen MR) is 223 cm³/mol. The van der Waals surface area contributed by atoms with Gasteiger partial charge in [-0.15, -0.1) is 5.10 Å². The lowest BCUT2D eigenvalue weighted by Crippen LogP contribution is -2.52. The van der Waals surface area contributed by atoms with Crippen LogP contribution in [-0.2, 0) is 15.1 Å².